The normalized spacial score (nSPS) is 25.3. The van der Waals surface area contributed by atoms with E-state index in [1.807, 2.05) is 0 Å². The molecule has 1 saturated heterocycles. The van der Waals surface area contributed by atoms with Crippen molar-refractivity contribution in [3.8, 4) is 0 Å². The predicted molar refractivity (Wildman–Crippen MR) is 70.7 cm³/mol. The lowest BCUT2D eigenvalue weighted by atomic mass is 9.97. The molecule has 5 nitrogen and oxygen atoms in total. The van der Waals surface area contributed by atoms with Crippen LogP contribution < -0.4 is 0 Å². The first-order valence-electron chi connectivity index (χ1n) is 7.12. The van der Waals surface area contributed by atoms with Crippen LogP contribution in [0.4, 0.5) is 0 Å². The molecule has 0 radical (unpaired) electrons. The maximum Gasteiger partial charge on any atom is 0.257 e. The summed E-state index contributed by atoms with van der Waals surface area (Å²) < 4.78 is 11.0. The SMILES string of the molecule is CN1CCOC(c2nc(CC3=CCCCC3)no2)C1. The number of aromatic nitrogens is 2. The predicted octanol–water partition coefficient (Wildman–Crippen LogP) is 2.12. The molecule has 1 aliphatic heterocycles. The lowest BCUT2D eigenvalue weighted by Crippen LogP contribution is -2.35. The molecule has 5 heteroatoms. The Morgan fingerprint density at radius 3 is 3.16 bits per heavy atom. The van der Waals surface area contributed by atoms with Crippen molar-refractivity contribution < 1.29 is 9.26 Å². The van der Waals surface area contributed by atoms with Gasteiger partial charge in [0.1, 0.15) is 6.10 Å². The van der Waals surface area contributed by atoms with Crippen LogP contribution in [-0.4, -0.2) is 41.8 Å². The average molecular weight is 263 g/mol. The number of likely N-dealkylation sites (N-methyl/N-ethyl adjacent to an activating group) is 1. The summed E-state index contributed by atoms with van der Waals surface area (Å²) in [5.41, 5.74) is 1.44. The van der Waals surface area contributed by atoms with Gasteiger partial charge in [0.15, 0.2) is 5.82 Å². The average Bonchev–Trinajstić information content (AvgIpc) is 2.88. The third kappa shape index (κ3) is 3.22. The lowest BCUT2D eigenvalue weighted by Gasteiger charge is -2.27. The molecule has 1 aliphatic carbocycles. The molecular weight excluding hydrogens is 242 g/mol. The maximum absolute atomic E-state index is 5.69. The molecule has 0 bridgehead atoms. The van der Waals surface area contributed by atoms with Crippen molar-refractivity contribution >= 4 is 0 Å². The molecule has 104 valence electrons. The molecule has 3 rings (SSSR count). The van der Waals surface area contributed by atoms with Crippen LogP contribution in [0.5, 0.6) is 0 Å². The maximum atomic E-state index is 5.69. The van der Waals surface area contributed by atoms with Crippen LogP contribution in [0.2, 0.25) is 0 Å². The highest BCUT2D eigenvalue weighted by molar-refractivity contribution is 5.11. The second-order valence-electron chi connectivity index (χ2n) is 5.46. The quantitative estimate of drug-likeness (QED) is 0.782. The topological polar surface area (TPSA) is 51.4 Å². The van der Waals surface area contributed by atoms with E-state index in [1.165, 1.54) is 31.3 Å². The van der Waals surface area contributed by atoms with Gasteiger partial charge in [0, 0.05) is 19.5 Å². The van der Waals surface area contributed by atoms with Gasteiger partial charge in [0.25, 0.3) is 5.89 Å². The standard InChI is InChI=1S/C14H21N3O2/c1-17-7-8-18-12(10-17)14-15-13(16-19-14)9-11-5-3-2-4-6-11/h5,12H,2-4,6-10H2,1H3. The molecule has 0 spiro atoms. The minimum atomic E-state index is -0.0691. The summed E-state index contributed by atoms with van der Waals surface area (Å²) >= 11 is 0. The lowest BCUT2D eigenvalue weighted by molar-refractivity contribution is -0.0366. The number of nitrogens with zero attached hydrogens (tertiary/aromatic N) is 3. The summed E-state index contributed by atoms with van der Waals surface area (Å²) in [6.07, 6.45) is 8.04. The molecule has 0 amide bonds. The smallest absolute Gasteiger partial charge is 0.257 e. The molecule has 19 heavy (non-hydrogen) atoms. The molecule has 2 heterocycles. The second-order valence-corrected chi connectivity index (χ2v) is 5.46. The highest BCUT2D eigenvalue weighted by Crippen LogP contribution is 2.23. The van der Waals surface area contributed by atoms with Crippen LogP contribution in [0, 0.1) is 0 Å². The monoisotopic (exact) mass is 263 g/mol. The fourth-order valence-corrected chi connectivity index (χ4v) is 2.67. The van der Waals surface area contributed by atoms with Gasteiger partial charge in [-0.3, -0.25) is 0 Å². The largest absolute Gasteiger partial charge is 0.366 e. The Bertz CT molecular complexity index is 455. The molecule has 0 saturated carbocycles. The Kier molecular flexibility index (Phi) is 3.94. The zero-order valence-electron chi connectivity index (χ0n) is 11.5. The van der Waals surface area contributed by atoms with E-state index in [-0.39, 0.29) is 6.10 Å². The number of hydrogen-bond donors (Lipinski definition) is 0. The van der Waals surface area contributed by atoms with Gasteiger partial charge in [-0.05, 0) is 32.7 Å². The van der Waals surface area contributed by atoms with Gasteiger partial charge in [-0.25, -0.2) is 0 Å². The van der Waals surface area contributed by atoms with Crippen LogP contribution in [0.25, 0.3) is 0 Å². The van der Waals surface area contributed by atoms with E-state index in [4.69, 9.17) is 9.26 Å². The van der Waals surface area contributed by atoms with E-state index in [9.17, 15) is 0 Å². The molecule has 2 aliphatic rings. The number of rotatable bonds is 3. The van der Waals surface area contributed by atoms with E-state index in [1.54, 1.807) is 0 Å². The summed E-state index contributed by atoms with van der Waals surface area (Å²) in [6, 6.07) is 0. The summed E-state index contributed by atoms with van der Waals surface area (Å²) in [7, 11) is 2.08. The van der Waals surface area contributed by atoms with E-state index in [0.717, 1.165) is 31.9 Å². The second kappa shape index (κ2) is 5.84. The Morgan fingerprint density at radius 1 is 1.42 bits per heavy atom. The van der Waals surface area contributed by atoms with Crippen molar-refractivity contribution in [2.45, 2.75) is 38.2 Å². The van der Waals surface area contributed by atoms with Crippen LogP contribution in [0.3, 0.4) is 0 Å². The van der Waals surface area contributed by atoms with Crippen molar-refractivity contribution in [1.82, 2.24) is 15.0 Å². The summed E-state index contributed by atoms with van der Waals surface area (Å²) in [5, 5.41) is 4.09. The van der Waals surface area contributed by atoms with Crippen molar-refractivity contribution in [3.63, 3.8) is 0 Å². The molecule has 1 aromatic rings. The molecule has 1 aromatic heterocycles. The van der Waals surface area contributed by atoms with E-state index < -0.39 is 0 Å². The van der Waals surface area contributed by atoms with Crippen LogP contribution >= 0.6 is 0 Å². The first kappa shape index (κ1) is 12.8. The number of morpholine rings is 1. The van der Waals surface area contributed by atoms with Crippen LogP contribution in [0.1, 0.15) is 43.5 Å². The van der Waals surface area contributed by atoms with Crippen LogP contribution in [0.15, 0.2) is 16.2 Å². The summed E-state index contributed by atoms with van der Waals surface area (Å²) in [5.74, 6) is 1.41. The molecule has 1 atom stereocenters. The Labute approximate surface area is 113 Å². The van der Waals surface area contributed by atoms with Gasteiger partial charge in [-0.2, -0.15) is 4.98 Å². The highest BCUT2D eigenvalue weighted by Gasteiger charge is 2.25. The fraction of sp³-hybridized carbons (Fsp3) is 0.714. The third-order valence-corrected chi connectivity index (χ3v) is 3.80. The zero-order valence-corrected chi connectivity index (χ0v) is 11.5. The fourth-order valence-electron chi connectivity index (χ4n) is 2.67. The number of ether oxygens (including phenoxy) is 1. The van der Waals surface area contributed by atoms with Gasteiger partial charge in [0.05, 0.1) is 6.61 Å². The molecule has 0 aromatic carbocycles. The highest BCUT2D eigenvalue weighted by atomic mass is 16.5. The van der Waals surface area contributed by atoms with Gasteiger partial charge < -0.3 is 14.2 Å². The summed E-state index contributed by atoms with van der Waals surface area (Å²) in [4.78, 5) is 6.72. The number of allylic oxidation sites excluding steroid dienone is 2. The molecular formula is C14H21N3O2. The van der Waals surface area contributed by atoms with Gasteiger partial charge in [0.2, 0.25) is 0 Å². The Hall–Kier alpha value is -1.20. The Morgan fingerprint density at radius 2 is 2.37 bits per heavy atom. The van der Waals surface area contributed by atoms with Gasteiger partial charge in [-0.15, -0.1) is 0 Å². The van der Waals surface area contributed by atoms with E-state index in [2.05, 4.69) is 28.2 Å². The van der Waals surface area contributed by atoms with E-state index >= 15 is 0 Å². The first-order valence-corrected chi connectivity index (χ1v) is 7.12. The van der Waals surface area contributed by atoms with E-state index in [0.29, 0.717) is 5.89 Å². The van der Waals surface area contributed by atoms with Gasteiger partial charge in [-0.1, -0.05) is 16.8 Å². The van der Waals surface area contributed by atoms with Crippen molar-refractivity contribution in [2.75, 3.05) is 26.7 Å². The minimum Gasteiger partial charge on any atom is -0.366 e. The third-order valence-electron chi connectivity index (χ3n) is 3.80. The van der Waals surface area contributed by atoms with Gasteiger partial charge >= 0.3 is 0 Å². The Balaban J connectivity index is 1.64. The van der Waals surface area contributed by atoms with Crippen molar-refractivity contribution in [2.24, 2.45) is 0 Å². The molecule has 1 fully saturated rings. The van der Waals surface area contributed by atoms with Crippen molar-refractivity contribution in [3.05, 3.63) is 23.4 Å². The number of hydrogen-bond acceptors (Lipinski definition) is 5. The first-order chi connectivity index (χ1) is 9.31. The molecule has 0 N–H and O–H groups in total. The van der Waals surface area contributed by atoms with Crippen molar-refractivity contribution in [1.29, 1.82) is 0 Å². The van der Waals surface area contributed by atoms with Crippen LogP contribution in [-0.2, 0) is 11.2 Å². The molecule has 1 unspecified atom stereocenters. The summed E-state index contributed by atoms with van der Waals surface area (Å²) in [6.45, 7) is 2.51. The minimum absolute atomic E-state index is 0.0691. The zero-order chi connectivity index (χ0) is 13.1.